The molecule has 2 heterocycles. The Morgan fingerprint density at radius 3 is 2.55 bits per heavy atom. The molecular weight excluding hydrogens is 279 g/mol. The van der Waals surface area contributed by atoms with Crippen LogP contribution in [0.1, 0.15) is 54.4 Å². The number of amides is 1. The van der Waals surface area contributed by atoms with Gasteiger partial charge in [-0.25, -0.2) is 4.39 Å². The van der Waals surface area contributed by atoms with Crippen molar-refractivity contribution in [1.29, 1.82) is 0 Å². The van der Waals surface area contributed by atoms with E-state index in [2.05, 4.69) is 12.2 Å². The molecule has 0 unspecified atom stereocenters. The van der Waals surface area contributed by atoms with Crippen LogP contribution in [0, 0.1) is 11.7 Å². The van der Waals surface area contributed by atoms with Crippen LogP contribution in [0.25, 0.3) is 0 Å². The molecule has 0 spiro atoms. The summed E-state index contributed by atoms with van der Waals surface area (Å²) in [5.74, 6) is 0.575. The molecule has 0 aromatic heterocycles. The van der Waals surface area contributed by atoms with Crippen molar-refractivity contribution in [1.82, 2.24) is 10.2 Å². The number of piperidine rings is 2. The highest BCUT2D eigenvalue weighted by atomic mass is 19.1. The molecule has 3 nitrogen and oxygen atoms in total. The van der Waals surface area contributed by atoms with E-state index in [1.165, 1.54) is 6.07 Å². The van der Waals surface area contributed by atoms with Crippen molar-refractivity contribution in [2.75, 3.05) is 26.2 Å². The molecular formula is C18H25FN2O. The van der Waals surface area contributed by atoms with Gasteiger partial charge >= 0.3 is 0 Å². The van der Waals surface area contributed by atoms with Crippen LogP contribution < -0.4 is 5.32 Å². The van der Waals surface area contributed by atoms with Gasteiger partial charge in [0.05, 0.1) is 5.56 Å². The summed E-state index contributed by atoms with van der Waals surface area (Å²) in [7, 11) is 0. The zero-order chi connectivity index (χ0) is 15.5. The van der Waals surface area contributed by atoms with Crippen molar-refractivity contribution in [2.24, 2.45) is 5.92 Å². The Morgan fingerprint density at radius 2 is 1.86 bits per heavy atom. The Bertz CT molecular complexity index is 532. The summed E-state index contributed by atoms with van der Waals surface area (Å²) in [4.78, 5) is 14.4. The lowest BCUT2D eigenvalue weighted by atomic mass is 9.89. The standard InChI is InChI=1S/C18H25FN2O/c1-13-6-10-21(11-7-13)18(22)16-12-15(2-3-17(16)19)14-4-8-20-9-5-14/h2-3,12-14,20H,4-11H2,1H3. The number of halogens is 1. The summed E-state index contributed by atoms with van der Waals surface area (Å²) in [5.41, 5.74) is 1.36. The predicted molar refractivity (Wildman–Crippen MR) is 85.5 cm³/mol. The Hall–Kier alpha value is -1.42. The lowest BCUT2D eigenvalue weighted by Crippen LogP contribution is -2.38. The highest BCUT2D eigenvalue weighted by molar-refractivity contribution is 5.94. The number of nitrogens with zero attached hydrogens (tertiary/aromatic N) is 1. The van der Waals surface area contributed by atoms with E-state index in [4.69, 9.17) is 0 Å². The highest BCUT2D eigenvalue weighted by Crippen LogP contribution is 2.28. The van der Waals surface area contributed by atoms with Gasteiger partial charge in [-0.15, -0.1) is 0 Å². The number of benzene rings is 1. The van der Waals surface area contributed by atoms with Crippen molar-refractivity contribution >= 4 is 5.91 Å². The topological polar surface area (TPSA) is 32.3 Å². The van der Waals surface area contributed by atoms with E-state index in [-0.39, 0.29) is 17.3 Å². The van der Waals surface area contributed by atoms with Crippen molar-refractivity contribution in [3.05, 3.63) is 35.1 Å². The van der Waals surface area contributed by atoms with Crippen LogP contribution in [0.5, 0.6) is 0 Å². The maximum absolute atomic E-state index is 14.2. The van der Waals surface area contributed by atoms with E-state index in [1.54, 1.807) is 6.07 Å². The number of hydrogen-bond donors (Lipinski definition) is 1. The van der Waals surface area contributed by atoms with Crippen LogP contribution in [-0.4, -0.2) is 37.0 Å². The molecule has 3 rings (SSSR count). The normalized spacial score (nSPS) is 21.1. The number of likely N-dealkylation sites (tertiary alicyclic amines) is 1. The molecule has 120 valence electrons. The van der Waals surface area contributed by atoms with Gasteiger partial charge in [0.2, 0.25) is 0 Å². The van der Waals surface area contributed by atoms with Crippen molar-refractivity contribution in [2.45, 2.75) is 38.5 Å². The van der Waals surface area contributed by atoms with E-state index >= 15 is 0 Å². The maximum atomic E-state index is 14.2. The molecule has 0 aliphatic carbocycles. The number of carbonyl (C=O) groups is 1. The third kappa shape index (κ3) is 3.32. The van der Waals surface area contributed by atoms with Gasteiger partial charge in [-0.05, 0) is 68.3 Å². The first-order valence-corrected chi connectivity index (χ1v) is 8.44. The molecule has 0 bridgehead atoms. The smallest absolute Gasteiger partial charge is 0.256 e. The van der Waals surface area contributed by atoms with E-state index in [1.807, 2.05) is 11.0 Å². The van der Waals surface area contributed by atoms with Crippen molar-refractivity contribution in [3.8, 4) is 0 Å². The lowest BCUT2D eigenvalue weighted by Gasteiger charge is -2.31. The molecule has 4 heteroatoms. The quantitative estimate of drug-likeness (QED) is 0.910. The fraction of sp³-hybridized carbons (Fsp3) is 0.611. The van der Waals surface area contributed by atoms with Crippen molar-refractivity contribution < 1.29 is 9.18 Å². The molecule has 2 fully saturated rings. The minimum absolute atomic E-state index is 0.139. The number of carbonyl (C=O) groups excluding carboxylic acids is 1. The molecule has 22 heavy (non-hydrogen) atoms. The van der Waals surface area contributed by atoms with Crippen LogP contribution in [0.4, 0.5) is 4.39 Å². The van der Waals surface area contributed by atoms with Crippen LogP contribution in [0.15, 0.2) is 18.2 Å². The van der Waals surface area contributed by atoms with Gasteiger partial charge in [0.1, 0.15) is 5.82 Å². The number of nitrogens with one attached hydrogen (secondary N) is 1. The van der Waals surface area contributed by atoms with Crippen LogP contribution in [-0.2, 0) is 0 Å². The average molecular weight is 304 g/mol. The molecule has 2 saturated heterocycles. The summed E-state index contributed by atoms with van der Waals surface area (Å²) >= 11 is 0. The zero-order valence-corrected chi connectivity index (χ0v) is 13.3. The minimum atomic E-state index is -0.388. The third-order valence-electron chi connectivity index (χ3n) is 5.10. The van der Waals surface area contributed by atoms with E-state index < -0.39 is 0 Å². The summed E-state index contributed by atoms with van der Waals surface area (Å²) in [6.07, 6.45) is 4.14. The Balaban J connectivity index is 1.78. The molecule has 0 saturated carbocycles. The van der Waals surface area contributed by atoms with Gasteiger partial charge < -0.3 is 10.2 Å². The zero-order valence-electron chi connectivity index (χ0n) is 13.3. The molecule has 1 aromatic rings. The second kappa shape index (κ2) is 6.78. The molecule has 2 aliphatic heterocycles. The first-order chi connectivity index (χ1) is 10.6. The van der Waals surface area contributed by atoms with Gasteiger partial charge in [-0.2, -0.15) is 0 Å². The number of hydrogen-bond acceptors (Lipinski definition) is 2. The van der Waals surface area contributed by atoms with E-state index in [0.29, 0.717) is 11.8 Å². The first-order valence-electron chi connectivity index (χ1n) is 8.44. The largest absolute Gasteiger partial charge is 0.339 e. The Labute approximate surface area is 131 Å². The third-order valence-corrected chi connectivity index (χ3v) is 5.10. The fourth-order valence-corrected chi connectivity index (χ4v) is 3.50. The highest BCUT2D eigenvalue weighted by Gasteiger charge is 2.25. The SMILES string of the molecule is CC1CCN(C(=O)c2cc(C3CCNCC3)ccc2F)CC1. The molecule has 0 atom stereocenters. The Kier molecular flexibility index (Phi) is 4.77. The second-order valence-electron chi connectivity index (χ2n) is 6.74. The molecule has 1 amide bonds. The summed E-state index contributed by atoms with van der Waals surface area (Å²) in [6.45, 7) is 5.69. The lowest BCUT2D eigenvalue weighted by molar-refractivity contribution is 0.0692. The van der Waals surface area contributed by atoms with Gasteiger partial charge in [0.25, 0.3) is 5.91 Å². The van der Waals surface area contributed by atoms with Gasteiger partial charge in [0.15, 0.2) is 0 Å². The number of rotatable bonds is 2. The Morgan fingerprint density at radius 1 is 1.18 bits per heavy atom. The minimum Gasteiger partial charge on any atom is -0.339 e. The molecule has 1 aromatic carbocycles. The summed E-state index contributed by atoms with van der Waals surface area (Å²) in [5, 5.41) is 3.34. The average Bonchev–Trinajstić information content (AvgIpc) is 2.56. The predicted octanol–water partition coefficient (Wildman–Crippen LogP) is 3.16. The van der Waals surface area contributed by atoms with Crippen molar-refractivity contribution in [3.63, 3.8) is 0 Å². The first kappa shape index (κ1) is 15.5. The van der Waals surface area contributed by atoms with E-state index in [0.717, 1.165) is 57.4 Å². The molecule has 1 N–H and O–H groups in total. The van der Waals surface area contributed by atoms with Crippen LogP contribution >= 0.6 is 0 Å². The fourth-order valence-electron chi connectivity index (χ4n) is 3.50. The molecule has 0 radical (unpaired) electrons. The second-order valence-corrected chi connectivity index (χ2v) is 6.74. The van der Waals surface area contributed by atoms with Gasteiger partial charge in [-0.1, -0.05) is 13.0 Å². The van der Waals surface area contributed by atoms with Gasteiger partial charge in [0, 0.05) is 13.1 Å². The summed E-state index contributed by atoms with van der Waals surface area (Å²) in [6, 6.07) is 5.11. The van der Waals surface area contributed by atoms with Gasteiger partial charge in [-0.3, -0.25) is 4.79 Å². The monoisotopic (exact) mass is 304 g/mol. The molecule has 2 aliphatic rings. The van der Waals surface area contributed by atoms with E-state index in [9.17, 15) is 9.18 Å². The van der Waals surface area contributed by atoms with Crippen LogP contribution in [0.2, 0.25) is 0 Å². The maximum Gasteiger partial charge on any atom is 0.256 e. The summed E-state index contributed by atoms with van der Waals surface area (Å²) < 4.78 is 14.2. The van der Waals surface area contributed by atoms with Crippen LogP contribution in [0.3, 0.4) is 0 Å².